The van der Waals surface area contributed by atoms with E-state index in [1.54, 1.807) is 12.4 Å². The number of nitrogens with zero attached hydrogens (tertiary/aromatic N) is 4. The summed E-state index contributed by atoms with van der Waals surface area (Å²) < 4.78 is 25.1. The van der Waals surface area contributed by atoms with Crippen LogP contribution in [-0.4, -0.2) is 46.4 Å². The number of hydrogen-bond donors (Lipinski definition) is 0. The Morgan fingerprint density at radius 1 is 1.20 bits per heavy atom. The summed E-state index contributed by atoms with van der Waals surface area (Å²) in [5, 5.41) is 0. The maximum atomic E-state index is 13.0. The van der Waals surface area contributed by atoms with Crippen molar-refractivity contribution in [2.75, 3.05) is 24.6 Å². The molecule has 0 amide bonds. The highest BCUT2D eigenvalue weighted by Gasteiger charge is 2.43. The number of hydrogen-bond acceptors (Lipinski definition) is 6. The monoisotopic (exact) mass is 344 g/mol. The van der Waals surface area contributed by atoms with Gasteiger partial charge < -0.3 is 14.4 Å². The first kappa shape index (κ1) is 16.4. The number of pyridine rings is 1. The summed E-state index contributed by atoms with van der Waals surface area (Å²) >= 11 is 0. The van der Waals surface area contributed by atoms with Crippen molar-refractivity contribution < 1.29 is 13.9 Å². The summed E-state index contributed by atoms with van der Waals surface area (Å²) in [7, 11) is 0. The number of rotatable bonds is 4. The average Bonchev–Trinajstić information content (AvgIpc) is 3.05. The Kier molecular flexibility index (Phi) is 4.59. The van der Waals surface area contributed by atoms with Crippen LogP contribution in [0.2, 0.25) is 0 Å². The maximum absolute atomic E-state index is 13.0. The van der Waals surface area contributed by atoms with E-state index in [1.165, 1.54) is 12.4 Å². The lowest BCUT2D eigenvalue weighted by molar-refractivity contribution is -0.0205. The Hall–Kier alpha value is -2.12. The van der Waals surface area contributed by atoms with Gasteiger partial charge in [-0.15, -0.1) is 0 Å². The van der Waals surface area contributed by atoms with Gasteiger partial charge in [0.1, 0.15) is 0 Å². The minimum absolute atomic E-state index is 0.112. The predicted molar refractivity (Wildman–Crippen MR) is 89.6 cm³/mol. The number of halogens is 1. The summed E-state index contributed by atoms with van der Waals surface area (Å²) in [6.45, 7) is 2.84. The molecule has 132 valence electrons. The highest BCUT2D eigenvalue weighted by molar-refractivity contribution is 5.30. The molecule has 2 aliphatic heterocycles. The lowest BCUT2D eigenvalue weighted by atomic mass is 9.88. The lowest BCUT2D eigenvalue weighted by Gasteiger charge is -2.38. The molecule has 25 heavy (non-hydrogen) atoms. The average molecular weight is 344 g/mol. The molecule has 2 aromatic heterocycles. The molecule has 0 unspecified atom stereocenters. The van der Waals surface area contributed by atoms with Gasteiger partial charge in [-0.1, -0.05) is 0 Å². The largest absolute Gasteiger partial charge is 0.372 e. The molecule has 0 saturated carbocycles. The van der Waals surface area contributed by atoms with Crippen LogP contribution in [0.15, 0.2) is 36.9 Å². The van der Waals surface area contributed by atoms with Gasteiger partial charge >= 0.3 is 0 Å². The second-order valence-electron chi connectivity index (χ2n) is 6.67. The number of piperidine rings is 1. The normalized spacial score (nSPS) is 22.4. The van der Waals surface area contributed by atoms with Crippen molar-refractivity contribution in [2.24, 2.45) is 0 Å². The summed E-state index contributed by atoms with van der Waals surface area (Å²) in [6.07, 6.45) is 8.82. The summed E-state index contributed by atoms with van der Waals surface area (Å²) in [5.41, 5.74) is 1.01. The van der Waals surface area contributed by atoms with Crippen molar-refractivity contribution in [1.29, 1.82) is 0 Å². The van der Waals surface area contributed by atoms with Crippen molar-refractivity contribution >= 4 is 5.95 Å². The van der Waals surface area contributed by atoms with Crippen LogP contribution in [0.4, 0.5) is 10.3 Å². The third kappa shape index (κ3) is 3.77. The number of anilines is 1. The van der Waals surface area contributed by atoms with Crippen LogP contribution < -0.4 is 4.90 Å². The molecule has 2 saturated heterocycles. The Morgan fingerprint density at radius 3 is 2.64 bits per heavy atom. The van der Waals surface area contributed by atoms with Gasteiger partial charge in [0.05, 0.1) is 37.3 Å². The summed E-state index contributed by atoms with van der Waals surface area (Å²) in [5.74, 6) is 0.172. The molecular formula is C18H21FN4O2. The van der Waals surface area contributed by atoms with E-state index in [2.05, 4.69) is 19.9 Å². The minimum Gasteiger partial charge on any atom is -0.372 e. The SMILES string of the molecule is Fc1cnc(N2CCC3(CC2)C[C@H](OCc2ccncc2)CO3)nc1. The van der Waals surface area contributed by atoms with Crippen molar-refractivity contribution in [3.8, 4) is 0 Å². The van der Waals surface area contributed by atoms with Crippen LogP contribution in [0.25, 0.3) is 0 Å². The van der Waals surface area contributed by atoms with E-state index in [-0.39, 0.29) is 11.7 Å². The highest BCUT2D eigenvalue weighted by Crippen LogP contribution is 2.37. The number of ether oxygens (including phenoxy) is 2. The van der Waals surface area contributed by atoms with E-state index in [4.69, 9.17) is 9.47 Å². The van der Waals surface area contributed by atoms with Gasteiger partial charge in [-0.25, -0.2) is 14.4 Å². The molecular weight excluding hydrogens is 323 g/mol. The van der Waals surface area contributed by atoms with E-state index >= 15 is 0 Å². The van der Waals surface area contributed by atoms with Gasteiger partial charge in [-0.2, -0.15) is 0 Å². The molecule has 4 heterocycles. The molecule has 0 radical (unpaired) electrons. The third-order valence-electron chi connectivity index (χ3n) is 4.97. The second kappa shape index (κ2) is 7.01. The molecule has 1 atom stereocenters. The third-order valence-corrected chi connectivity index (χ3v) is 4.97. The fraction of sp³-hybridized carbons (Fsp3) is 0.500. The van der Waals surface area contributed by atoms with Gasteiger partial charge in [0.15, 0.2) is 5.82 Å². The fourth-order valence-electron chi connectivity index (χ4n) is 3.53. The van der Waals surface area contributed by atoms with Gasteiger partial charge in [0.2, 0.25) is 5.95 Å². The van der Waals surface area contributed by atoms with E-state index in [1.807, 2.05) is 12.1 Å². The second-order valence-corrected chi connectivity index (χ2v) is 6.67. The highest BCUT2D eigenvalue weighted by atomic mass is 19.1. The maximum Gasteiger partial charge on any atom is 0.225 e. The molecule has 7 heteroatoms. The van der Waals surface area contributed by atoms with Crippen molar-refractivity contribution in [1.82, 2.24) is 15.0 Å². The molecule has 4 rings (SSSR count). The quantitative estimate of drug-likeness (QED) is 0.849. The first-order valence-corrected chi connectivity index (χ1v) is 8.59. The zero-order valence-corrected chi connectivity index (χ0v) is 14.0. The van der Waals surface area contributed by atoms with Crippen LogP contribution in [0.5, 0.6) is 0 Å². The molecule has 0 aromatic carbocycles. The van der Waals surface area contributed by atoms with Gasteiger partial charge in [0.25, 0.3) is 0 Å². The fourth-order valence-corrected chi connectivity index (χ4v) is 3.53. The first-order chi connectivity index (χ1) is 12.2. The summed E-state index contributed by atoms with van der Waals surface area (Å²) in [6, 6.07) is 3.93. The van der Waals surface area contributed by atoms with E-state index in [9.17, 15) is 4.39 Å². The van der Waals surface area contributed by atoms with Gasteiger partial charge in [-0.05, 0) is 30.5 Å². The first-order valence-electron chi connectivity index (χ1n) is 8.59. The Bertz CT molecular complexity index is 690. The van der Waals surface area contributed by atoms with E-state index in [0.29, 0.717) is 19.2 Å². The van der Waals surface area contributed by atoms with Crippen molar-refractivity contribution in [2.45, 2.75) is 37.6 Å². The Labute approximate surface area is 146 Å². The van der Waals surface area contributed by atoms with Crippen LogP contribution >= 0.6 is 0 Å². The Morgan fingerprint density at radius 2 is 1.92 bits per heavy atom. The zero-order valence-electron chi connectivity index (χ0n) is 14.0. The van der Waals surface area contributed by atoms with E-state index < -0.39 is 5.82 Å². The number of aromatic nitrogens is 3. The lowest BCUT2D eigenvalue weighted by Crippen LogP contribution is -2.45. The van der Waals surface area contributed by atoms with Crippen LogP contribution in [-0.2, 0) is 16.1 Å². The molecule has 0 bridgehead atoms. The molecule has 0 N–H and O–H groups in total. The summed E-state index contributed by atoms with van der Waals surface area (Å²) in [4.78, 5) is 14.2. The molecule has 2 fully saturated rings. The van der Waals surface area contributed by atoms with Crippen LogP contribution in [0, 0.1) is 5.82 Å². The van der Waals surface area contributed by atoms with Gasteiger partial charge in [-0.3, -0.25) is 4.98 Å². The molecule has 2 aliphatic rings. The molecule has 2 aromatic rings. The van der Waals surface area contributed by atoms with Crippen LogP contribution in [0.3, 0.4) is 0 Å². The van der Waals surface area contributed by atoms with Gasteiger partial charge in [0, 0.05) is 31.9 Å². The smallest absolute Gasteiger partial charge is 0.225 e. The van der Waals surface area contributed by atoms with E-state index in [0.717, 1.165) is 37.9 Å². The predicted octanol–water partition coefficient (Wildman–Crippen LogP) is 2.36. The molecule has 6 nitrogen and oxygen atoms in total. The zero-order chi connectivity index (χ0) is 17.1. The van der Waals surface area contributed by atoms with Crippen LogP contribution in [0.1, 0.15) is 24.8 Å². The standard InChI is InChI=1S/C18H21FN4O2/c19-15-10-21-17(22-11-15)23-7-3-18(4-8-23)9-16(13-25-18)24-12-14-1-5-20-6-2-14/h1-2,5-6,10-11,16H,3-4,7-9,12-13H2/t16-/m0/s1. The Balaban J connectivity index is 1.29. The minimum atomic E-state index is -0.412. The molecule has 0 aliphatic carbocycles. The van der Waals surface area contributed by atoms with Crippen molar-refractivity contribution in [3.05, 3.63) is 48.3 Å². The molecule has 1 spiro atoms. The van der Waals surface area contributed by atoms with Crippen molar-refractivity contribution in [3.63, 3.8) is 0 Å². The topological polar surface area (TPSA) is 60.4 Å².